The number of aromatic nitrogens is 1. The van der Waals surface area contributed by atoms with Crippen molar-refractivity contribution in [3.63, 3.8) is 0 Å². The summed E-state index contributed by atoms with van der Waals surface area (Å²) in [6.07, 6.45) is 0. The van der Waals surface area contributed by atoms with Crippen LogP contribution >= 0.6 is 27.5 Å². The summed E-state index contributed by atoms with van der Waals surface area (Å²) in [7, 11) is 0. The minimum atomic E-state index is -0.0467. The van der Waals surface area contributed by atoms with E-state index < -0.39 is 0 Å². The Morgan fingerprint density at radius 2 is 2.06 bits per heavy atom. The van der Waals surface area contributed by atoms with Crippen LogP contribution in [0.3, 0.4) is 0 Å². The Labute approximate surface area is 112 Å². The van der Waals surface area contributed by atoms with Crippen molar-refractivity contribution in [3.05, 3.63) is 45.5 Å². The fraction of sp³-hybridized carbons (Fsp3) is 0.0833. The lowest BCUT2D eigenvalue weighted by Gasteiger charge is -2.08. The monoisotopic (exact) mass is 312 g/mol. The highest BCUT2D eigenvalue weighted by molar-refractivity contribution is 9.10. The molecule has 0 radical (unpaired) electrons. The maximum Gasteiger partial charge on any atom is 0.129 e. The highest BCUT2D eigenvalue weighted by Crippen LogP contribution is 2.29. The van der Waals surface area contributed by atoms with Gasteiger partial charge >= 0.3 is 0 Å². The molecule has 3 N–H and O–H groups in total. The van der Waals surface area contributed by atoms with Crippen molar-refractivity contribution in [2.24, 2.45) is 0 Å². The average molecular weight is 314 g/mol. The van der Waals surface area contributed by atoms with Gasteiger partial charge in [0.2, 0.25) is 0 Å². The number of anilines is 1. The molecule has 2 aromatic rings. The molecule has 3 nitrogen and oxygen atoms in total. The Bertz CT molecular complexity index is 560. The molecule has 0 bridgehead atoms. The SMILES string of the molecule is Nc1ccc(Cl)nc1-c1ccc(Br)c(CO)c1. The minimum absolute atomic E-state index is 0.0467. The van der Waals surface area contributed by atoms with Crippen molar-refractivity contribution in [3.8, 4) is 11.3 Å². The van der Waals surface area contributed by atoms with Gasteiger partial charge in [-0.1, -0.05) is 33.6 Å². The summed E-state index contributed by atoms with van der Waals surface area (Å²) in [6.45, 7) is -0.0467. The van der Waals surface area contributed by atoms with Crippen LogP contribution in [-0.4, -0.2) is 10.1 Å². The summed E-state index contributed by atoms with van der Waals surface area (Å²) < 4.78 is 0.851. The molecule has 0 spiro atoms. The van der Waals surface area contributed by atoms with E-state index in [2.05, 4.69) is 20.9 Å². The third-order valence-electron chi connectivity index (χ3n) is 2.38. The number of nitrogens with two attached hydrogens (primary N) is 1. The number of nitrogen functional groups attached to an aromatic ring is 1. The van der Waals surface area contributed by atoms with E-state index in [9.17, 15) is 5.11 Å². The Morgan fingerprint density at radius 1 is 1.29 bits per heavy atom. The summed E-state index contributed by atoms with van der Waals surface area (Å²) in [6, 6.07) is 8.91. The molecule has 0 saturated heterocycles. The van der Waals surface area contributed by atoms with Crippen LogP contribution in [0.1, 0.15) is 5.56 Å². The molecule has 0 aliphatic heterocycles. The van der Waals surface area contributed by atoms with Crippen molar-refractivity contribution in [2.45, 2.75) is 6.61 Å². The van der Waals surface area contributed by atoms with Crippen LogP contribution in [0.25, 0.3) is 11.3 Å². The lowest BCUT2D eigenvalue weighted by molar-refractivity contribution is 0.281. The summed E-state index contributed by atoms with van der Waals surface area (Å²) in [4.78, 5) is 4.19. The van der Waals surface area contributed by atoms with E-state index in [1.165, 1.54) is 0 Å². The number of nitrogens with zero attached hydrogens (tertiary/aromatic N) is 1. The molecule has 2 rings (SSSR count). The quantitative estimate of drug-likeness (QED) is 0.837. The zero-order chi connectivity index (χ0) is 12.4. The van der Waals surface area contributed by atoms with Crippen LogP contribution in [0.5, 0.6) is 0 Å². The predicted molar refractivity (Wildman–Crippen MR) is 72.7 cm³/mol. The zero-order valence-electron chi connectivity index (χ0n) is 8.82. The van der Waals surface area contributed by atoms with Crippen molar-refractivity contribution in [1.82, 2.24) is 4.98 Å². The summed E-state index contributed by atoms with van der Waals surface area (Å²) >= 11 is 9.20. The number of benzene rings is 1. The van der Waals surface area contributed by atoms with Gasteiger partial charge < -0.3 is 10.8 Å². The molecule has 0 amide bonds. The van der Waals surface area contributed by atoms with E-state index in [0.717, 1.165) is 15.6 Å². The van der Waals surface area contributed by atoms with E-state index in [-0.39, 0.29) is 6.61 Å². The number of aliphatic hydroxyl groups is 1. The van der Waals surface area contributed by atoms with Gasteiger partial charge in [0.25, 0.3) is 0 Å². The molecule has 0 unspecified atom stereocenters. The van der Waals surface area contributed by atoms with Crippen molar-refractivity contribution >= 4 is 33.2 Å². The van der Waals surface area contributed by atoms with Gasteiger partial charge in [-0.25, -0.2) is 4.98 Å². The van der Waals surface area contributed by atoms with E-state index in [0.29, 0.717) is 16.5 Å². The second-order valence-corrected chi connectivity index (χ2v) is 4.78. The van der Waals surface area contributed by atoms with E-state index >= 15 is 0 Å². The third-order valence-corrected chi connectivity index (χ3v) is 3.37. The number of hydrogen-bond acceptors (Lipinski definition) is 3. The van der Waals surface area contributed by atoms with Gasteiger partial charge in [-0.2, -0.15) is 0 Å². The fourth-order valence-electron chi connectivity index (χ4n) is 1.52. The lowest BCUT2D eigenvalue weighted by Crippen LogP contribution is -1.95. The largest absolute Gasteiger partial charge is 0.397 e. The molecule has 1 aromatic heterocycles. The van der Waals surface area contributed by atoms with Crippen LogP contribution in [0, 0.1) is 0 Å². The fourth-order valence-corrected chi connectivity index (χ4v) is 2.04. The minimum Gasteiger partial charge on any atom is -0.397 e. The Kier molecular flexibility index (Phi) is 3.66. The average Bonchev–Trinajstić information content (AvgIpc) is 2.33. The second-order valence-electron chi connectivity index (χ2n) is 3.54. The van der Waals surface area contributed by atoms with Gasteiger partial charge in [-0.05, 0) is 29.8 Å². The van der Waals surface area contributed by atoms with Crippen molar-refractivity contribution < 1.29 is 5.11 Å². The lowest BCUT2D eigenvalue weighted by atomic mass is 10.1. The standard InChI is InChI=1S/C12H10BrClN2O/c13-9-2-1-7(5-8(9)6-17)12-10(15)3-4-11(14)16-12/h1-5,17H,6,15H2. The van der Waals surface area contributed by atoms with Gasteiger partial charge in [0.05, 0.1) is 18.0 Å². The summed E-state index contributed by atoms with van der Waals surface area (Å²) in [5.41, 5.74) is 8.65. The number of aliphatic hydroxyl groups excluding tert-OH is 1. The summed E-state index contributed by atoms with van der Waals surface area (Å²) in [5.74, 6) is 0. The molecule has 0 fully saturated rings. The smallest absolute Gasteiger partial charge is 0.129 e. The molecule has 0 aliphatic rings. The molecule has 88 valence electrons. The first-order valence-corrected chi connectivity index (χ1v) is 6.10. The molecule has 17 heavy (non-hydrogen) atoms. The van der Waals surface area contributed by atoms with Gasteiger partial charge in [0.1, 0.15) is 5.15 Å². The van der Waals surface area contributed by atoms with Crippen LogP contribution in [0.4, 0.5) is 5.69 Å². The molecule has 1 heterocycles. The predicted octanol–water partition coefficient (Wildman–Crippen LogP) is 3.24. The second kappa shape index (κ2) is 5.04. The topological polar surface area (TPSA) is 59.1 Å². The Morgan fingerprint density at radius 3 is 2.76 bits per heavy atom. The highest BCUT2D eigenvalue weighted by Gasteiger charge is 2.08. The van der Waals surface area contributed by atoms with E-state index in [4.69, 9.17) is 17.3 Å². The molecule has 0 atom stereocenters. The van der Waals surface area contributed by atoms with Gasteiger partial charge in [-0.3, -0.25) is 0 Å². The van der Waals surface area contributed by atoms with E-state index in [1.807, 2.05) is 18.2 Å². The van der Waals surface area contributed by atoms with E-state index in [1.54, 1.807) is 12.1 Å². The van der Waals surface area contributed by atoms with Crippen LogP contribution < -0.4 is 5.73 Å². The first-order chi connectivity index (χ1) is 8.11. The Hall–Kier alpha value is -1.10. The van der Waals surface area contributed by atoms with Crippen molar-refractivity contribution in [2.75, 3.05) is 5.73 Å². The Balaban J connectivity index is 2.56. The molecular formula is C12H10BrClN2O. The third kappa shape index (κ3) is 2.60. The van der Waals surface area contributed by atoms with Crippen LogP contribution in [0.2, 0.25) is 5.15 Å². The maximum atomic E-state index is 9.21. The first-order valence-electron chi connectivity index (χ1n) is 4.93. The number of halogens is 2. The molecule has 1 aromatic carbocycles. The number of hydrogen-bond donors (Lipinski definition) is 2. The van der Waals surface area contributed by atoms with Gasteiger partial charge in [0.15, 0.2) is 0 Å². The zero-order valence-corrected chi connectivity index (χ0v) is 11.2. The molecule has 0 saturated carbocycles. The van der Waals surface area contributed by atoms with Crippen molar-refractivity contribution in [1.29, 1.82) is 0 Å². The van der Waals surface area contributed by atoms with Crippen LogP contribution in [-0.2, 0) is 6.61 Å². The van der Waals surface area contributed by atoms with Gasteiger partial charge in [-0.15, -0.1) is 0 Å². The van der Waals surface area contributed by atoms with Crippen LogP contribution in [0.15, 0.2) is 34.8 Å². The molecular weight excluding hydrogens is 304 g/mol. The highest BCUT2D eigenvalue weighted by atomic mass is 79.9. The molecule has 0 aliphatic carbocycles. The maximum absolute atomic E-state index is 9.21. The van der Waals surface area contributed by atoms with Gasteiger partial charge in [0, 0.05) is 10.0 Å². The number of rotatable bonds is 2. The summed E-state index contributed by atoms with van der Waals surface area (Å²) in [5, 5.41) is 9.60. The molecule has 5 heteroatoms. The number of pyridine rings is 1. The first kappa shape index (κ1) is 12.4. The normalized spacial score (nSPS) is 10.5.